The second-order valence-electron chi connectivity index (χ2n) is 6.65. The minimum absolute atomic E-state index is 0.281. The van der Waals surface area contributed by atoms with Gasteiger partial charge < -0.3 is 10.1 Å². The Labute approximate surface area is 175 Å². The summed E-state index contributed by atoms with van der Waals surface area (Å²) in [5, 5.41) is 6.48. The number of hydrazone groups is 1. The fourth-order valence-corrected chi connectivity index (χ4v) is 2.69. The van der Waals surface area contributed by atoms with Crippen LogP contribution in [0.15, 0.2) is 90.0 Å². The molecule has 0 aliphatic heterocycles. The molecule has 0 saturated heterocycles. The summed E-state index contributed by atoms with van der Waals surface area (Å²) in [4.78, 5) is 23.9. The molecule has 0 saturated carbocycles. The van der Waals surface area contributed by atoms with Crippen LogP contribution in [0.2, 0.25) is 0 Å². The number of hydrogen-bond acceptors (Lipinski definition) is 4. The van der Waals surface area contributed by atoms with Crippen LogP contribution < -0.4 is 15.5 Å². The van der Waals surface area contributed by atoms with Crippen LogP contribution in [0.5, 0.6) is 5.75 Å². The predicted molar refractivity (Wildman–Crippen MR) is 116 cm³/mol. The standard InChI is InChI=1S/C24H23N3O3/c1-18(21-10-6-3-7-11-21)26-23(28)24(29)27-25-16-19-12-14-22(15-13-19)30-17-20-8-4-2-5-9-20/h2-16,18H,17H2,1H3,(H,26,28)(H,27,29)/b25-16-/t18-/m1/s1. The van der Waals surface area contributed by atoms with Gasteiger partial charge in [0.15, 0.2) is 0 Å². The summed E-state index contributed by atoms with van der Waals surface area (Å²) >= 11 is 0. The van der Waals surface area contributed by atoms with Gasteiger partial charge in [0.2, 0.25) is 0 Å². The Hall–Kier alpha value is -3.93. The van der Waals surface area contributed by atoms with Crippen molar-refractivity contribution in [3.8, 4) is 5.75 Å². The van der Waals surface area contributed by atoms with E-state index in [0.717, 1.165) is 22.4 Å². The lowest BCUT2D eigenvalue weighted by Gasteiger charge is -2.13. The molecule has 152 valence electrons. The highest BCUT2D eigenvalue weighted by Crippen LogP contribution is 2.13. The molecule has 3 aromatic carbocycles. The van der Waals surface area contributed by atoms with Gasteiger partial charge in [0, 0.05) is 0 Å². The van der Waals surface area contributed by atoms with Gasteiger partial charge in [-0.3, -0.25) is 9.59 Å². The Kier molecular flexibility index (Phi) is 7.33. The number of amides is 2. The number of nitrogens with one attached hydrogen (secondary N) is 2. The van der Waals surface area contributed by atoms with E-state index in [1.807, 2.05) is 91.9 Å². The minimum atomic E-state index is -0.822. The quantitative estimate of drug-likeness (QED) is 0.361. The van der Waals surface area contributed by atoms with E-state index in [1.165, 1.54) is 6.21 Å². The zero-order chi connectivity index (χ0) is 21.2. The van der Waals surface area contributed by atoms with Crippen molar-refractivity contribution in [2.75, 3.05) is 0 Å². The SMILES string of the molecule is C[C@@H](NC(=O)C(=O)N/N=C\c1ccc(OCc2ccccc2)cc1)c1ccccc1. The van der Waals surface area contributed by atoms with Crippen LogP contribution in [0.25, 0.3) is 0 Å². The summed E-state index contributed by atoms with van der Waals surface area (Å²) in [5.74, 6) is -0.834. The highest BCUT2D eigenvalue weighted by atomic mass is 16.5. The van der Waals surface area contributed by atoms with Crippen LogP contribution in [0.4, 0.5) is 0 Å². The summed E-state index contributed by atoms with van der Waals surface area (Å²) < 4.78 is 5.73. The number of carbonyl (C=O) groups is 2. The van der Waals surface area contributed by atoms with Crippen molar-refractivity contribution in [3.05, 3.63) is 102 Å². The summed E-state index contributed by atoms with van der Waals surface area (Å²) in [6.45, 7) is 2.30. The monoisotopic (exact) mass is 401 g/mol. The van der Waals surface area contributed by atoms with Crippen molar-refractivity contribution in [3.63, 3.8) is 0 Å². The van der Waals surface area contributed by atoms with Crippen molar-refractivity contribution >= 4 is 18.0 Å². The van der Waals surface area contributed by atoms with Crippen LogP contribution in [0.1, 0.15) is 29.7 Å². The van der Waals surface area contributed by atoms with Crippen molar-refractivity contribution in [2.24, 2.45) is 5.10 Å². The van der Waals surface area contributed by atoms with Crippen molar-refractivity contribution in [2.45, 2.75) is 19.6 Å². The Bertz CT molecular complexity index is 987. The number of ether oxygens (including phenoxy) is 1. The molecule has 0 aliphatic rings. The third-order valence-electron chi connectivity index (χ3n) is 4.36. The first-order valence-electron chi connectivity index (χ1n) is 9.57. The molecular formula is C24H23N3O3. The molecule has 30 heavy (non-hydrogen) atoms. The van der Waals surface area contributed by atoms with E-state index in [2.05, 4.69) is 15.8 Å². The van der Waals surface area contributed by atoms with Gasteiger partial charge in [-0.1, -0.05) is 60.7 Å². The maximum atomic E-state index is 12.0. The zero-order valence-corrected chi connectivity index (χ0v) is 16.6. The van der Waals surface area contributed by atoms with Crippen molar-refractivity contribution in [1.29, 1.82) is 0 Å². The van der Waals surface area contributed by atoms with Gasteiger partial charge in [-0.25, -0.2) is 5.43 Å². The van der Waals surface area contributed by atoms with Crippen LogP contribution >= 0.6 is 0 Å². The van der Waals surface area contributed by atoms with E-state index in [0.29, 0.717) is 6.61 Å². The molecule has 6 nitrogen and oxygen atoms in total. The minimum Gasteiger partial charge on any atom is -0.489 e. The second-order valence-corrected chi connectivity index (χ2v) is 6.65. The lowest BCUT2D eigenvalue weighted by molar-refractivity contribution is -0.139. The van der Waals surface area contributed by atoms with E-state index in [1.54, 1.807) is 0 Å². The summed E-state index contributed by atoms with van der Waals surface area (Å²) in [6, 6.07) is 26.3. The first-order chi connectivity index (χ1) is 14.6. The molecule has 2 N–H and O–H groups in total. The average Bonchev–Trinajstić information content (AvgIpc) is 2.79. The third-order valence-corrected chi connectivity index (χ3v) is 4.36. The van der Waals surface area contributed by atoms with Crippen LogP contribution in [0.3, 0.4) is 0 Å². The molecule has 0 radical (unpaired) electrons. The number of rotatable bonds is 7. The molecular weight excluding hydrogens is 378 g/mol. The molecule has 3 rings (SSSR count). The molecule has 3 aromatic rings. The highest BCUT2D eigenvalue weighted by molar-refractivity contribution is 6.35. The molecule has 2 amide bonds. The maximum absolute atomic E-state index is 12.0. The van der Waals surface area contributed by atoms with Crippen LogP contribution in [-0.2, 0) is 16.2 Å². The lowest BCUT2D eigenvalue weighted by Crippen LogP contribution is -2.39. The van der Waals surface area contributed by atoms with Gasteiger partial charge in [-0.05, 0) is 47.9 Å². The van der Waals surface area contributed by atoms with Gasteiger partial charge in [-0.2, -0.15) is 5.10 Å². The first-order valence-corrected chi connectivity index (χ1v) is 9.57. The summed E-state index contributed by atoms with van der Waals surface area (Å²) in [6.07, 6.45) is 1.47. The highest BCUT2D eigenvalue weighted by Gasteiger charge is 2.16. The molecule has 0 aliphatic carbocycles. The Morgan fingerprint density at radius 2 is 1.53 bits per heavy atom. The van der Waals surface area contributed by atoms with Gasteiger partial charge in [0.25, 0.3) is 0 Å². The van der Waals surface area contributed by atoms with Gasteiger partial charge in [0.05, 0.1) is 12.3 Å². The number of nitrogens with zero attached hydrogens (tertiary/aromatic N) is 1. The fraction of sp³-hybridized carbons (Fsp3) is 0.125. The normalized spacial score (nSPS) is 11.6. The average molecular weight is 401 g/mol. The molecule has 0 bridgehead atoms. The largest absolute Gasteiger partial charge is 0.489 e. The maximum Gasteiger partial charge on any atom is 0.329 e. The van der Waals surface area contributed by atoms with E-state index in [-0.39, 0.29) is 6.04 Å². The zero-order valence-electron chi connectivity index (χ0n) is 16.6. The molecule has 0 heterocycles. The number of carbonyl (C=O) groups excluding carboxylic acids is 2. The van der Waals surface area contributed by atoms with Crippen LogP contribution in [-0.4, -0.2) is 18.0 Å². The van der Waals surface area contributed by atoms with E-state index in [4.69, 9.17) is 4.74 Å². The van der Waals surface area contributed by atoms with Gasteiger partial charge >= 0.3 is 11.8 Å². The van der Waals surface area contributed by atoms with Crippen LogP contribution in [0, 0.1) is 0 Å². The molecule has 0 fully saturated rings. The molecule has 6 heteroatoms. The fourth-order valence-electron chi connectivity index (χ4n) is 2.69. The molecule has 1 atom stereocenters. The Morgan fingerprint density at radius 1 is 0.900 bits per heavy atom. The summed E-state index contributed by atoms with van der Waals surface area (Å²) in [7, 11) is 0. The Balaban J connectivity index is 1.45. The number of benzene rings is 3. The topological polar surface area (TPSA) is 79.8 Å². The molecule has 0 unspecified atom stereocenters. The third kappa shape index (κ3) is 6.31. The smallest absolute Gasteiger partial charge is 0.329 e. The van der Waals surface area contributed by atoms with Gasteiger partial charge in [-0.15, -0.1) is 0 Å². The van der Waals surface area contributed by atoms with E-state index in [9.17, 15) is 9.59 Å². The first kappa shape index (κ1) is 20.8. The molecule has 0 spiro atoms. The predicted octanol–water partition coefficient (Wildman–Crippen LogP) is 3.59. The Morgan fingerprint density at radius 3 is 2.20 bits per heavy atom. The van der Waals surface area contributed by atoms with E-state index >= 15 is 0 Å². The van der Waals surface area contributed by atoms with E-state index < -0.39 is 11.8 Å². The van der Waals surface area contributed by atoms with Crippen molar-refractivity contribution in [1.82, 2.24) is 10.7 Å². The van der Waals surface area contributed by atoms with Crippen molar-refractivity contribution < 1.29 is 14.3 Å². The summed E-state index contributed by atoms with van der Waals surface area (Å²) in [5.41, 5.74) is 5.00. The molecule has 0 aromatic heterocycles. The number of hydrogen-bond donors (Lipinski definition) is 2. The second kappa shape index (κ2) is 10.6. The van der Waals surface area contributed by atoms with Gasteiger partial charge in [0.1, 0.15) is 12.4 Å². The lowest BCUT2D eigenvalue weighted by atomic mass is 10.1.